The van der Waals surface area contributed by atoms with Crippen LogP contribution < -0.4 is 0 Å². The molecule has 11 aromatic rings. The van der Waals surface area contributed by atoms with Crippen molar-refractivity contribution < 1.29 is 13.3 Å². The lowest BCUT2D eigenvalue weighted by atomic mass is 10.0. The molecule has 0 aliphatic carbocycles. The third-order valence-electron chi connectivity index (χ3n) is 9.52. The molecule has 49 heavy (non-hydrogen) atoms. The zero-order chi connectivity index (χ0) is 32.1. The Morgan fingerprint density at radius 3 is 1.47 bits per heavy atom. The van der Waals surface area contributed by atoms with Gasteiger partial charge < -0.3 is 13.3 Å². The molecule has 0 unspecified atom stereocenters. The van der Waals surface area contributed by atoms with Gasteiger partial charge in [-0.15, -0.1) is 0 Å². The Bertz CT molecular complexity index is 3000. The molecule has 0 aliphatic rings. The Kier molecular flexibility index (Phi) is 5.29. The fourth-order valence-electron chi connectivity index (χ4n) is 7.28. The topological polar surface area (TPSA) is 78.1 Å². The van der Waals surface area contributed by atoms with Gasteiger partial charge in [-0.3, -0.25) is 0 Å². The first-order valence-electron chi connectivity index (χ1n) is 16.2. The summed E-state index contributed by atoms with van der Waals surface area (Å²) in [5.74, 6) is 1.70. The minimum atomic E-state index is 0.565. The predicted octanol–water partition coefficient (Wildman–Crippen LogP) is 11.7. The highest BCUT2D eigenvalue weighted by atomic mass is 16.3. The number of benzene rings is 7. The lowest BCUT2D eigenvalue weighted by Gasteiger charge is -2.10. The molecule has 6 nitrogen and oxygen atoms in total. The van der Waals surface area contributed by atoms with Crippen LogP contribution >= 0.6 is 0 Å². The van der Waals surface area contributed by atoms with Crippen molar-refractivity contribution in [3.05, 3.63) is 140 Å². The molecular weight excluding hydrogens is 606 g/mol. The van der Waals surface area contributed by atoms with E-state index in [0.717, 1.165) is 93.3 Å². The number of aromatic nitrogens is 3. The van der Waals surface area contributed by atoms with Crippen LogP contribution in [-0.2, 0) is 0 Å². The number of hydrogen-bond donors (Lipinski definition) is 0. The maximum atomic E-state index is 6.25. The second kappa shape index (κ2) is 9.86. The van der Waals surface area contributed by atoms with Gasteiger partial charge in [0.25, 0.3) is 0 Å². The van der Waals surface area contributed by atoms with E-state index in [4.69, 9.17) is 28.2 Å². The van der Waals surface area contributed by atoms with Crippen LogP contribution in [0.25, 0.3) is 111 Å². The smallest absolute Gasteiger partial charge is 0.164 e. The van der Waals surface area contributed by atoms with Crippen molar-refractivity contribution >= 4 is 76.6 Å². The van der Waals surface area contributed by atoms with Gasteiger partial charge in [-0.05, 0) is 59.3 Å². The molecule has 0 spiro atoms. The summed E-state index contributed by atoms with van der Waals surface area (Å²) in [7, 11) is 0. The summed E-state index contributed by atoms with van der Waals surface area (Å²) in [5.41, 5.74) is 7.56. The lowest BCUT2D eigenvalue weighted by Crippen LogP contribution is -2.00. The number of para-hydroxylation sites is 3. The zero-order valence-corrected chi connectivity index (χ0v) is 25.8. The molecule has 228 valence electrons. The number of fused-ring (bicyclic) bond motifs is 10. The first kappa shape index (κ1) is 26.3. The Morgan fingerprint density at radius 2 is 0.837 bits per heavy atom. The maximum Gasteiger partial charge on any atom is 0.164 e. The normalized spacial score (nSPS) is 12.1. The van der Waals surface area contributed by atoms with E-state index in [2.05, 4.69) is 60.7 Å². The lowest BCUT2D eigenvalue weighted by molar-refractivity contribution is 0.668. The molecule has 0 saturated carbocycles. The average molecular weight is 630 g/mol. The summed E-state index contributed by atoms with van der Waals surface area (Å²) >= 11 is 0. The second-order valence-corrected chi connectivity index (χ2v) is 12.4. The largest absolute Gasteiger partial charge is 0.456 e. The third-order valence-corrected chi connectivity index (χ3v) is 9.52. The highest BCUT2D eigenvalue weighted by Crippen LogP contribution is 2.40. The average Bonchev–Trinajstić information content (AvgIpc) is 3.84. The van der Waals surface area contributed by atoms with Crippen molar-refractivity contribution in [2.24, 2.45) is 0 Å². The molecule has 4 aromatic heterocycles. The minimum absolute atomic E-state index is 0.565. The summed E-state index contributed by atoms with van der Waals surface area (Å²) in [5, 5.41) is 8.33. The van der Waals surface area contributed by atoms with Crippen molar-refractivity contribution in [2.45, 2.75) is 0 Å². The van der Waals surface area contributed by atoms with Crippen LogP contribution in [0, 0.1) is 0 Å². The predicted molar refractivity (Wildman–Crippen MR) is 195 cm³/mol. The summed E-state index contributed by atoms with van der Waals surface area (Å²) < 4.78 is 18.7. The van der Waals surface area contributed by atoms with Crippen LogP contribution in [0.3, 0.4) is 0 Å². The first-order chi connectivity index (χ1) is 24.2. The van der Waals surface area contributed by atoms with E-state index in [1.54, 1.807) is 0 Å². The zero-order valence-electron chi connectivity index (χ0n) is 25.8. The van der Waals surface area contributed by atoms with Gasteiger partial charge in [0.15, 0.2) is 17.5 Å². The van der Waals surface area contributed by atoms with Gasteiger partial charge in [0.1, 0.15) is 33.5 Å². The van der Waals surface area contributed by atoms with E-state index in [1.165, 1.54) is 0 Å². The van der Waals surface area contributed by atoms with Crippen molar-refractivity contribution in [1.82, 2.24) is 15.0 Å². The number of nitrogens with zero attached hydrogens (tertiary/aromatic N) is 3. The van der Waals surface area contributed by atoms with E-state index in [0.29, 0.717) is 17.5 Å². The van der Waals surface area contributed by atoms with Crippen LogP contribution in [0.5, 0.6) is 0 Å². The maximum absolute atomic E-state index is 6.25. The van der Waals surface area contributed by atoms with Crippen LogP contribution in [0.4, 0.5) is 0 Å². The Labute approximate surface area is 277 Å². The molecule has 6 heteroatoms. The van der Waals surface area contributed by atoms with Crippen LogP contribution in [0.1, 0.15) is 0 Å². The highest BCUT2D eigenvalue weighted by molar-refractivity contribution is 6.14. The highest BCUT2D eigenvalue weighted by Gasteiger charge is 2.20. The Morgan fingerprint density at radius 1 is 0.327 bits per heavy atom. The van der Waals surface area contributed by atoms with E-state index < -0.39 is 0 Å². The van der Waals surface area contributed by atoms with E-state index in [1.807, 2.05) is 78.9 Å². The van der Waals surface area contributed by atoms with Crippen LogP contribution in [-0.4, -0.2) is 15.0 Å². The molecule has 0 atom stereocenters. The summed E-state index contributed by atoms with van der Waals surface area (Å²) in [6.07, 6.45) is 0. The number of hydrogen-bond acceptors (Lipinski definition) is 6. The van der Waals surface area contributed by atoms with Crippen LogP contribution in [0.15, 0.2) is 153 Å². The molecule has 0 fully saturated rings. The van der Waals surface area contributed by atoms with E-state index in [9.17, 15) is 0 Å². The van der Waals surface area contributed by atoms with Gasteiger partial charge in [0.05, 0.1) is 0 Å². The van der Waals surface area contributed by atoms with Crippen LogP contribution in [0.2, 0.25) is 0 Å². The summed E-state index contributed by atoms with van der Waals surface area (Å²) in [6, 6.07) is 47.0. The van der Waals surface area contributed by atoms with Gasteiger partial charge in [-0.1, -0.05) is 91.0 Å². The quantitative estimate of drug-likeness (QED) is 0.193. The van der Waals surface area contributed by atoms with Gasteiger partial charge in [0.2, 0.25) is 0 Å². The summed E-state index contributed by atoms with van der Waals surface area (Å²) in [4.78, 5) is 15.5. The molecule has 11 rings (SSSR count). The first-order valence-corrected chi connectivity index (χ1v) is 16.2. The molecule has 0 amide bonds. The number of rotatable bonds is 3. The number of furan rings is 3. The summed E-state index contributed by atoms with van der Waals surface area (Å²) in [6.45, 7) is 0. The Balaban J connectivity index is 1.18. The van der Waals surface area contributed by atoms with E-state index in [-0.39, 0.29) is 0 Å². The molecule has 0 aliphatic heterocycles. The van der Waals surface area contributed by atoms with Crippen molar-refractivity contribution in [2.75, 3.05) is 0 Å². The minimum Gasteiger partial charge on any atom is -0.456 e. The van der Waals surface area contributed by atoms with Crippen molar-refractivity contribution in [3.8, 4) is 34.2 Å². The van der Waals surface area contributed by atoms with E-state index >= 15 is 0 Å². The standard InChI is InChI=1S/C43H23N3O3/c1-4-14-33-27(9-1)32-22-24-19-20-25(21-26(24)23-38(32)49-33)41-44-42(30-12-7-17-36-39(30)28-10-2-5-15-34(28)47-36)46-43(45-41)31-13-8-18-37-40(31)29-11-3-6-16-35(29)48-37/h1-23H. The molecule has 7 aromatic carbocycles. The monoisotopic (exact) mass is 629 g/mol. The van der Waals surface area contributed by atoms with Crippen molar-refractivity contribution in [3.63, 3.8) is 0 Å². The van der Waals surface area contributed by atoms with Crippen molar-refractivity contribution in [1.29, 1.82) is 0 Å². The van der Waals surface area contributed by atoms with Gasteiger partial charge in [-0.2, -0.15) is 0 Å². The SMILES string of the molecule is c1ccc2c(c1)oc1cc3cc(-c4nc(-c5cccc6oc7ccccc7c56)nc(-c5cccc6oc7ccccc7c56)n4)ccc3cc12. The third kappa shape index (κ3) is 3.92. The fraction of sp³-hybridized carbons (Fsp3) is 0. The molecule has 0 N–H and O–H groups in total. The molecule has 0 bridgehead atoms. The molecule has 0 radical (unpaired) electrons. The van der Waals surface area contributed by atoms with Gasteiger partial charge >= 0.3 is 0 Å². The molecular formula is C43H23N3O3. The second-order valence-electron chi connectivity index (χ2n) is 12.4. The Hall–Kier alpha value is -6.79. The van der Waals surface area contributed by atoms with Gasteiger partial charge in [-0.25, -0.2) is 15.0 Å². The molecule has 0 saturated heterocycles. The molecule has 4 heterocycles. The van der Waals surface area contributed by atoms with Gasteiger partial charge in [0, 0.05) is 49.0 Å². The fourth-order valence-corrected chi connectivity index (χ4v) is 7.28.